The number of hydrogen-bond donors (Lipinski definition) is 2. The second-order valence-electron chi connectivity index (χ2n) is 5.04. The zero-order valence-electron chi connectivity index (χ0n) is 13.3. The van der Waals surface area contributed by atoms with E-state index in [4.69, 9.17) is 21.1 Å². The van der Waals surface area contributed by atoms with E-state index < -0.39 is 23.9 Å². The average molecular weight is 357 g/mol. The highest BCUT2D eigenvalue weighted by atomic mass is 35.5. The summed E-state index contributed by atoms with van der Waals surface area (Å²) in [6.07, 6.45) is 0.521. The summed E-state index contributed by atoms with van der Waals surface area (Å²) >= 11 is 5.70. The van der Waals surface area contributed by atoms with Crippen molar-refractivity contribution in [3.8, 4) is 5.75 Å². The summed E-state index contributed by atoms with van der Waals surface area (Å²) in [7, 11) is 0. The summed E-state index contributed by atoms with van der Waals surface area (Å²) < 4.78 is 23.7. The molecule has 2 rings (SSSR count). The number of nitrogens with one attached hydrogen (secondary N) is 2. The van der Waals surface area contributed by atoms with E-state index in [9.17, 15) is 14.0 Å². The average Bonchev–Trinajstić information content (AvgIpc) is 2.55. The minimum absolute atomic E-state index is 0.0760. The van der Waals surface area contributed by atoms with E-state index in [0.717, 1.165) is 0 Å². The Morgan fingerprint density at radius 3 is 2.75 bits per heavy atom. The number of urea groups is 1. The topological polar surface area (TPSA) is 76.7 Å². The van der Waals surface area contributed by atoms with Crippen LogP contribution in [0, 0.1) is 5.82 Å². The quantitative estimate of drug-likeness (QED) is 0.768. The molecule has 0 saturated heterocycles. The molecule has 1 aromatic rings. The van der Waals surface area contributed by atoms with E-state index in [-0.39, 0.29) is 18.2 Å². The van der Waals surface area contributed by atoms with Crippen LogP contribution in [-0.4, -0.2) is 31.3 Å². The maximum absolute atomic E-state index is 13.2. The van der Waals surface area contributed by atoms with Crippen molar-refractivity contribution in [1.29, 1.82) is 0 Å². The van der Waals surface area contributed by atoms with Gasteiger partial charge in [0.2, 0.25) is 0 Å². The van der Waals surface area contributed by atoms with Crippen LogP contribution in [0.5, 0.6) is 5.75 Å². The van der Waals surface area contributed by atoms with Crippen LogP contribution in [0.1, 0.15) is 20.3 Å². The molecule has 1 heterocycles. The molecule has 2 N–H and O–H groups in total. The third-order valence-electron chi connectivity index (χ3n) is 3.42. The number of carbonyl (C=O) groups excluding carboxylic acids is 2. The molecule has 0 saturated carbocycles. The van der Waals surface area contributed by atoms with Gasteiger partial charge < -0.3 is 20.1 Å². The molecule has 0 spiro atoms. The fourth-order valence-corrected chi connectivity index (χ4v) is 2.47. The Labute approximate surface area is 144 Å². The van der Waals surface area contributed by atoms with Gasteiger partial charge in [0.15, 0.2) is 0 Å². The molecule has 0 unspecified atom stereocenters. The van der Waals surface area contributed by atoms with Crippen molar-refractivity contribution >= 4 is 23.6 Å². The summed E-state index contributed by atoms with van der Waals surface area (Å²) in [4.78, 5) is 23.9. The minimum Gasteiger partial charge on any atom is -0.487 e. The third-order valence-corrected chi connectivity index (χ3v) is 3.71. The highest BCUT2D eigenvalue weighted by molar-refractivity contribution is 6.30. The van der Waals surface area contributed by atoms with Crippen LogP contribution in [0.4, 0.5) is 9.18 Å². The van der Waals surface area contributed by atoms with Gasteiger partial charge in [-0.2, -0.15) is 0 Å². The number of carbonyl (C=O) groups is 2. The lowest BCUT2D eigenvalue weighted by Crippen LogP contribution is -2.51. The van der Waals surface area contributed by atoms with Crippen molar-refractivity contribution < 1.29 is 23.5 Å². The summed E-state index contributed by atoms with van der Waals surface area (Å²) in [6, 6.07) is 3.01. The van der Waals surface area contributed by atoms with Crippen molar-refractivity contribution in [3.05, 3.63) is 40.3 Å². The summed E-state index contributed by atoms with van der Waals surface area (Å²) in [6.45, 7) is 3.67. The minimum atomic E-state index is -0.559. The van der Waals surface area contributed by atoms with Gasteiger partial charge in [0.1, 0.15) is 18.2 Å². The van der Waals surface area contributed by atoms with E-state index in [1.165, 1.54) is 18.2 Å². The summed E-state index contributed by atoms with van der Waals surface area (Å²) in [5.41, 5.74) is 0.622. The molecule has 8 heteroatoms. The molecule has 1 atom stereocenters. The van der Waals surface area contributed by atoms with Crippen molar-refractivity contribution in [2.45, 2.75) is 26.3 Å². The van der Waals surface area contributed by atoms with E-state index >= 15 is 0 Å². The summed E-state index contributed by atoms with van der Waals surface area (Å²) in [5.74, 6) is -0.762. The van der Waals surface area contributed by atoms with Gasteiger partial charge in [-0.05, 0) is 25.5 Å². The molecule has 0 aliphatic carbocycles. The van der Waals surface area contributed by atoms with Crippen LogP contribution in [0.2, 0.25) is 5.02 Å². The van der Waals surface area contributed by atoms with Crippen molar-refractivity contribution in [3.63, 3.8) is 0 Å². The van der Waals surface area contributed by atoms with Gasteiger partial charge in [0, 0.05) is 6.07 Å². The van der Waals surface area contributed by atoms with Gasteiger partial charge in [0.05, 0.1) is 28.9 Å². The number of hydrogen-bond acceptors (Lipinski definition) is 4. The van der Waals surface area contributed by atoms with Crippen molar-refractivity contribution in [2.24, 2.45) is 0 Å². The SMILES string of the molecule is CCOC(=O)C1=C(COc2ccc(F)c(Cl)c2)NC(=O)N[C@H]1CC. The molecule has 1 aromatic carbocycles. The molecule has 0 radical (unpaired) electrons. The van der Waals surface area contributed by atoms with Crippen LogP contribution in [0.3, 0.4) is 0 Å². The normalized spacial score (nSPS) is 17.2. The largest absolute Gasteiger partial charge is 0.487 e. The first-order valence-electron chi connectivity index (χ1n) is 7.51. The molecule has 24 heavy (non-hydrogen) atoms. The number of esters is 1. The number of halogens is 2. The molecular formula is C16H18ClFN2O4. The summed E-state index contributed by atoms with van der Waals surface area (Å²) in [5, 5.41) is 5.15. The lowest BCUT2D eigenvalue weighted by atomic mass is 10.0. The number of rotatable bonds is 6. The van der Waals surface area contributed by atoms with Crippen LogP contribution in [-0.2, 0) is 9.53 Å². The Balaban J connectivity index is 2.24. The first-order chi connectivity index (χ1) is 11.5. The molecule has 1 aliphatic heterocycles. The highest BCUT2D eigenvalue weighted by Gasteiger charge is 2.31. The Morgan fingerprint density at radius 2 is 2.12 bits per heavy atom. The monoisotopic (exact) mass is 356 g/mol. The number of amides is 2. The smallest absolute Gasteiger partial charge is 0.338 e. The first-order valence-corrected chi connectivity index (χ1v) is 7.89. The molecule has 0 aromatic heterocycles. The fraction of sp³-hybridized carbons (Fsp3) is 0.375. The van der Waals surface area contributed by atoms with Crippen molar-refractivity contribution in [2.75, 3.05) is 13.2 Å². The molecule has 130 valence electrons. The Hall–Kier alpha value is -2.28. The van der Waals surface area contributed by atoms with Gasteiger partial charge in [-0.15, -0.1) is 0 Å². The Kier molecular flexibility index (Phi) is 6.03. The first kappa shape index (κ1) is 18.1. The van der Waals surface area contributed by atoms with Gasteiger partial charge in [-0.25, -0.2) is 14.0 Å². The van der Waals surface area contributed by atoms with Crippen LogP contribution in [0.25, 0.3) is 0 Å². The maximum atomic E-state index is 13.2. The molecule has 2 amide bonds. The molecule has 6 nitrogen and oxygen atoms in total. The second kappa shape index (κ2) is 8.01. The number of ether oxygens (including phenoxy) is 2. The van der Waals surface area contributed by atoms with Gasteiger partial charge >= 0.3 is 12.0 Å². The zero-order chi connectivity index (χ0) is 17.7. The molecule has 0 bridgehead atoms. The van der Waals surface area contributed by atoms with E-state index in [1.807, 2.05) is 6.92 Å². The predicted octanol–water partition coefficient (Wildman–Crippen LogP) is 2.77. The lowest BCUT2D eigenvalue weighted by molar-refractivity contribution is -0.139. The van der Waals surface area contributed by atoms with Gasteiger partial charge in [-0.1, -0.05) is 18.5 Å². The van der Waals surface area contributed by atoms with Crippen LogP contribution in [0.15, 0.2) is 29.5 Å². The highest BCUT2D eigenvalue weighted by Crippen LogP contribution is 2.23. The van der Waals surface area contributed by atoms with E-state index in [2.05, 4.69) is 10.6 Å². The maximum Gasteiger partial charge on any atom is 0.338 e. The van der Waals surface area contributed by atoms with Crippen LogP contribution < -0.4 is 15.4 Å². The van der Waals surface area contributed by atoms with Gasteiger partial charge in [-0.3, -0.25) is 0 Å². The fourth-order valence-electron chi connectivity index (χ4n) is 2.30. The Bertz CT molecular complexity index is 678. The standard InChI is InChI=1S/C16H18ClFN2O4/c1-3-12-14(15(21)23-4-2)13(20-16(22)19-12)8-24-9-5-6-11(18)10(17)7-9/h5-7,12H,3-4,8H2,1-2H3,(H2,19,20,22)/t12-/m0/s1. The van der Waals surface area contributed by atoms with E-state index in [0.29, 0.717) is 23.4 Å². The molecule has 1 aliphatic rings. The Morgan fingerprint density at radius 1 is 1.38 bits per heavy atom. The molecular weight excluding hydrogens is 339 g/mol. The number of benzene rings is 1. The zero-order valence-corrected chi connectivity index (χ0v) is 14.1. The third kappa shape index (κ3) is 4.17. The van der Waals surface area contributed by atoms with E-state index in [1.54, 1.807) is 6.92 Å². The second-order valence-corrected chi connectivity index (χ2v) is 5.44. The lowest BCUT2D eigenvalue weighted by Gasteiger charge is -2.28. The van der Waals surface area contributed by atoms with Gasteiger partial charge in [0.25, 0.3) is 0 Å². The van der Waals surface area contributed by atoms with Crippen molar-refractivity contribution in [1.82, 2.24) is 10.6 Å². The predicted molar refractivity (Wildman–Crippen MR) is 86.3 cm³/mol. The van der Waals surface area contributed by atoms with Crippen LogP contribution >= 0.6 is 11.6 Å². The molecule has 0 fully saturated rings.